The van der Waals surface area contributed by atoms with Gasteiger partial charge in [-0.15, -0.1) is 22.7 Å². The topological polar surface area (TPSA) is 43.1 Å². The molecular weight excluding hydrogens is 302 g/mol. The van der Waals surface area contributed by atoms with Gasteiger partial charge in [0.05, 0.1) is 16.8 Å². The second-order valence-corrected chi connectivity index (χ2v) is 6.40. The lowest BCUT2D eigenvalue weighted by Crippen LogP contribution is -1.88. The Morgan fingerprint density at radius 1 is 1.38 bits per heavy atom. The van der Waals surface area contributed by atoms with Gasteiger partial charge in [-0.1, -0.05) is 6.92 Å². The zero-order valence-electron chi connectivity index (χ0n) is 11.4. The molecule has 0 fully saturated rings. The number of aryl methyl sites for hydroxylation is 1. The molecule has 3 heterocycles. The molecule has 3 aromatic rings. The SMILES string of the molecule is CCc1ccc(C(=O)/C=C/c2csc(-c3ccco3)n2)s1. The van der Waals surface area contributed by atoms with E-state index < -0.39 is 0 Å². The molecule has 0 amide bonds. The summed E-state index contributed by atoms with van der Waals surface area (Å²) >= 11 is 3.04. The summed E-state index contributed by atoms with van der Waals surface area (Å²) in [5.41, 5.74) is 0.770. The van der Waals surface area contributed by atoms with Crippen molar-refractivity contribution in [1.29, 1.82) is 0 Å². The number of hydrogen-bond acceptors (Lipinski definition) is 5. The van der Waals surface area contributed by atoms with E-state index in [1.54, 1.807) is 29.8 Å². The van der Waals surface area contributed by atoms with E-state index >= 15 is 0 Å². The monoisotopic (exact) mass is 315 g/mol. The van der Waals surface area contributed by atoms with Crippen molar-refractivity contribution in [1.82, 2.24) is 4.98 Å². The number of aromatic nitrogens is 1. The summed E-state index contributed by atoms with van der Waals surface area (Å²) in [7, 11) is 0. The molecule has 0 aliphatic heterocycles. The fraction of sp³-hybridized carbons (Fsp3) is 0.125. The van der Waals surface area contributed by atoms with Crippen molar-refractivity contribution in [3.8, 4) is 10.8 Å². The minimum atomic E-state index is 0.0206. The maximum Gasteiger partial charge on any atom is 0.195 e. The Balaban J connectivity index is 1.72. The molecule has 0 bridgehead atoms. The maximum absolute atomic E-state index is 12.1. The van der Waals surface area contributed by atoms with Crippen molar-refractivity contribution in [3.63, 3.8) is 0 Å². The number of thiazole rings is 1. The molecule has 0 radical (unpaired) electrons. The predicted octanol–water partition coefficient (Wildman–Crippen LogP) is 4.92. The van der Waals surface area contributed by atoms with Gasteiger partial charge in [-0.2, -0.15) is 0 Å². The van der Waals surface area contributed by atoms with Crippen LogP contribution in [0.2, 0.25) is 0 Å². The van der Waals surface area contributed by atoms with Crippen LogP contribution in [0, 0.1) is 0 Å². The fourth-order valence-electron chi connectivity index (χ4n) is 1.82. The second-order valence-electron chi connectivity index (χ2n) is 4.37. The van der Waals surface area contributed by atoms with E-state index in [4.69, 9.17) is 4.42 Å². The molecule has 106 valence electrons. The van der Waals surface area contributed by atoms with Gasteiger partial charge < -0.3 is 4.42 Å². The Labute approximate surface area is 130 Å². The maximum atomic E-state index is 12.1. The zero-order valence-corrected chi connectivity index (χ0v) is 13.0. The number of carbonyl (C=O) groups excluding carboxylic acids is 1. The Hall–Kier alpha value is -1.98. The average Bonchev–Trinajstić information content (AvgIpc) is 3.24. The Bertz CT molecular complexity index is 766. The number of ketones is 1. The average molecular weight is 315 g/mol. The summed E-state index contributed by atoms with van der Waals surface area (Å²) in [5.74, 6) is 0.768. The number of nitrogens with zero attached hydrogens (tertiary/aromatic N) is 1. The highest BCUT2D eigenvalue weighted by Gasteiger charge is 2.07. The Morgan fingerprint density at radius 2 is 2.29 bits per heavy atom. The van der Waals surface area contributed by atoms with Crippen LogP contribution in [0.1, 0.15) is 27.2 Å². The van der Waals surface area contributed by atoms with E-state index in [0.29, 0.717) is 0 Å². The van der Waals surface area contributed by atoms with Gasteiger partial charge in [-0.05, 0) is 42.8 Å². The lowest BCUT2D eigenvalue weighted by Gasteiger charge is -1.89. The Kier molecular flexibility index (Phi) is 4.13. The first-order valence-corrected chi connectivity index (χ1v) is 8.26. The van der Waals surface area contributed by atoms with Crippen LogP contribution in [0.5, 0.6) is 0 Å². The summed E-state index contributed by atoms with van der Waals surface area (Å²) in [6.45, 7) is 2.08. The summed E-state index contributed by atoms with van der Waals surface area (Å²) in [6, 6.07) is 7.59. The molecular formula is C16H13NO2S2. The highest BCUT2D eigenvalue weighted by molar-refractivity contribution is 7.14. The van der Waals surface area contributed by atoms with E-state index in [2.05, 4.69) is 11.9 Å². The normalized spacial score (nSPS) is 11.3. The molecule has 0 aromatic carbocycles. The highest BCUT2D eigenvalue weighted by atomic mass is 32.1. The third-order valence-electron chi connectivity index (χ3n) is 2.91. The van der Waals surface area contributed by atoms with Crippen LogP contribution in [0.15, 0.2) is 46.4 Å². The van der Waals surface area contributed by atoms with Gasteiger partial charge in [0.25, 0.3) is 0 Å². The molecule has 0 N–H and O–H groups in total. The van der Waals surface area contributed by atoms with Crippen LogP contribution >= 0.6 is 22.7 Å². The van der Waals surface area contributed by atoms with Crippen LogP contribution in [0.4, 0.5) is 0 Å². The minimum absolute atomic E-state index is 0.0206. The number of thiophene rings is 1. The summed E-state index contributed by atoms with van der Waals surface area (Å²) in [6.07, 6.45) is 5.90. The Morgan fingerprint density at radius 3 is 3.00 bits per heavy atom. The first-order chi connectivity index (χ1) is 10.3. The lowest BCUT2D eigenvalue weighted by atomic mass is 10.2. The van der Waals surface area contributed by atoms with Gasteiger partial charge >= 0.3 is 0 Å². The predicted molar refractivity (Wildman–Crippen MR) is 86.9 cm³/mol. The van der Waals surface area contributed by atoms with Crippen LogP contribution in [0.3, 0.4) is 0 Å². The van der Waals surface area contributed by atoms with Gasteiger partial charge in [-0.3, -0.25) is 4.79 Å². The summed E-state index contributed by atoms with van der Waals surface area (Å²) < 4.78 is 5.30. The molecule has 3 nitrogen and oxygen atoms in total. The smallest absolute Gasteiger partial charge is 0.195 e. The first-order valence-electron chi connectivity index (χ1n) is 6.57. The van der Waals surface area contributed by atoms with E-state index in [1.165, 1.54) is 16.2 Å². The molecule has 0 unspecified atom stereocenters. The van der Waals surface area contributed by atoms with Gasteiger partial charge in [0.1, 0.15) is 0 Å². The zero-order chi connectivity index (χ0) is 14.7. The highest BCUT2D eigenvalue weighted by Crippen LogP contribution is 2.24. The largest absolute Gasteiger partial charge is 0.462 e. The third-order valence-corrected chi connectivity index (χ3v) is 5.03. The standard InChI is InChI=1S/C16H13NO2S2/c1-2-12-6-8-15(21-12)13(18)7-5-11-10-20-16(17-11)14-4-3-9-19-14/h3-10H,2H2,1H3/b7-5+. The number of hydrogen-bond donors (Lipinski definition) is 0. The molecule has 0 aliphatic carbocycles. The molecule has 0 aliphatic rings. The molecule has 0 saturated heterocycles. The third kappa shape index (κ3) is 3.20. The van der Waals surface area contributed by atoms with Gasteiger partial charge in [-0.25, -0.2) is 4.98 Å². The van der Waals surface area contributed by atoms with Crippen molar-refractivity contribution < 1.29 is 9.21 Å². The minimum Gasteiger partial charge on any atom is -0.462 e. The first kappa shape index (κ1) is 14.0. The van der Waals surface area contributed by atoms with Crippen molar-refractivity contribution >= 4 is 34.5 Å². The fourth-order valence-corrected chi connectivity index (χ4v) is 3.44. The molecule has 5 heteroatoms. The number of furan rings is 1. The summed E-state index contributed by atoms with van der Waals surface area (Å²) in [5, 5.41) is 2.73. The molecule has 0 atom stereocenters. The van der Waals surface area contributed by atoms with Crippen molar-refractivity contribution in [3.05, 3.63) is 57.4 Å². The van der Waals surface area contributed by atoms with E-state index in [0.717, 1.165) is 27.8 Å². The molecule has 21 heavy (non-hydrogen) atoms. The van der Waals surface area contributed by atoms with E-state index in [9.17, 15) is 4.79 Å². The van der Waals surface area contributed by atoms with Crippen LogP contribution in [0.25, 0.3) is 16.8 Å². The number of carbonyl (C=O) groups is 1. The molecule has 0 saturated carbocycles. The van der Waals surface area contributed by atoms with Crippen LogP contribution < -0.4 is 0 Å². The van der Waals surface area contributed by atoms with Crippen molar-refractivity contribution in [2.75, 3.05) is 0 Å². The van der Waals surface area contributed by atoms with Crippen molar-refractivity contribution in [2.45, 2.75) is 13.3 Å². The van der Waals surface area contributed by atoms with Crippen LogP contribution in [-0.2, 0) is 6.42 Å². The van der Waals surface area contributed by atoms with E-state index in [-0.39, 0.29) is 5.78 Å². The quantitative estimate of drug-likeness (QED) is 0.495. The van der Waals surface area contributed by atoms with Gasteiger partial charge in [0, 0.05) is 10.3 Å². The molecule has 3 aromatic heterocycles. The van der Waals surface area contributed by atoms with E-state index in [1.807, 2.05) is 29.6 Å². The van der Waals surface area contributed by atoms with Crippen molar-refractivity contribution in [2.24, 2.45) is 0 Å². The molecule has 3 rings (SSSR count). The lowest BCUT2D eigenvalue weighted by molar-refractivity contribution is 0.105. The number of allylic oxidation sites excluding steroid dienone is 1. The molecule has 0 spiro atoms. The summed E-state index contributed by atoms with van der Waals surface area (Å²) in [4.78, 5) is 18.5. The van der Waals surface area contributed by atoms with Crippen LogP contribution in [-0.4, -0.2) is 10.8 Å². The van der Waals surface area contributed by atoms with Gasteiger partial charge in [0.15, 0.2) is 16.6 Å². The number of rotatable bonds is 5. The van der Waals surface area contributed by atoms with Gasteiger partial charge in [0.2, 0.25) is 0 Å². The second kappa shape index (κ2) is 6.20.